The molecule has 0 saturated heterocycles. The summed E-state index contributed by atoms with van der Waals surface area (Å²) in [7, 11) is 0. The molecule has 0 radical (unpaired) electrons. The van der Waals surface area contributed by atoms with Crippen molar-refractivity contribution in [3.63, 3.8) is 0 Å². The molecule has 1 aromatic carbocycles. The molecule has 18 heavy (non-hydrogen) atoms. The fourth-order valence-electron chi connectivity index (χ4n) is 2.21. The van der Waals surface area contributed by atoms with Crippen molar-refractivity contribution in [2.24, 2.45) is 0 Å². The number of fused-ring (bicyclic) bond motifs is 3. The number of benzene rings is 1. The van der Waals surface area contributed by atoms with Gasteiger partial charge in [0.25, 0.3) is 0 Å². The molecular formula is C12H10F3NOS. The predicted molar refractivity (Wildman–Crippen MR) is 64.8 cm³/mol. The highest BCUT2D eigenvalue weighted by atomic mass is 32.2. The Balaban J connectivity index is 2.05. The molecule has 0 atom stereocenters. The third-order valence-electron chi connectivity index (χ3n) is 2.94. The molecule has 1 aromatic heterocycles. The van der Waals surface area contributed by atoms with E-state index in [0.717, 1.165) is 40.1 Å². The Hall–Kier alpha value is -1.30. The fourth-order valence-corrected chi connectivity index (χ4v) is 3.23. The Morgan fingerprint density at radius 2 is 2.11 bits per heavy atom. The highest BCUT2D eigenvalue weighted by Gasteiger charge is 2.31. The van der Waals surface area contributed by atoms with Gasteiger partial charge in [0.1, 0.15) is 5.75 Å². The molecule has 1 aliphatic heterocycles. The summed E-state index contributed by atoms with van der Waals surface area (Å²) in [6.07, 6.45) is -3.71. The first-order valence-corrected chi connectivity index (χ1v) is 6.65. The molecule has 0 bridgehead atoms. The minimum Gasteiger partial charge on any atom is -0.406 e. The Bertz CT molecular complexity index is 591. The Morgan fingerprint density at radius 3 is 2.89 bits per heavy atom. The molecule has 0 aliphatic carbocycles. The maximum Gasteiger partial charge on any atom is 0.573 e. The van der Waals surface area contributed by atoms with E-state index in [-0.39, 0.29) is 5.75 Å². The summed E-state index contributed by atoms with van der Waals surface area (Å²) in [5, 5.41) is 0.832. The first-order chi connectivity index (χ1) is 8.53. The number of hydrogen-bond donors (Lipinski definition) is 1. The third kappa shape index (κ3) is 2.16. The zero-order chi connectivity index (χ0) is 12.8. The third-order valence-corrected chi connectivity index (χ3v) is 3.93. The van der Waals surface area contributed by atoms with Gasteiger partial charge in [0.05, 0.1) is 0 Å². The number of rotatable bonds is 1. The van der Waals surface area contributed by atoms with Crippen molar-refractivity contribution in [1.29, 1.82) is 0 Å². The molecule has 0 amide bonds. The fraction of sp³-hybridized carbons (Fsp3) is 0.333. The van der Waals surface area contributed by atoms with Gasteiger partial charge in [0.2, 0.25) is 0 Å². The van der Waals surface area contributed by atoms with E-state index >= 15 is 0 Å². The van der Waals surface area contributed by atoms with E-state index in [4.69, 9.17) is 0 Å². The number of thioether (sulfide) groups is 1. The van der Waals surface area contributed by atoms with Crippen LogP contribution in [0.1, 0.15) is 11.3 Å². The molecule has 1 N–H and O–H groups in total. The molecule has 2 heterocycles. The van der Waals surface area contributed by atoms with Gasteiger partial charge in [0.15, 0.2) is 0 Å². The van der Waals surface area contributed by atoms with E-state index in [1.807, 2.05) is 0 Å². The molecule has 0 saturated carbocycles. The minimum absolute atomic E-state index is 0.160. The average molecular weight is 273 g/mol. The first-order valence-electron chi connectivity index (χ1n) is 5.50. The largest absolute Gasteiger partial charge is 0.573 e. The number of halogens is 3. The molecule has 0 fully saturated rings. The number of aryl methyl sites for hydroxylation is 1. The van der Waals surface area contributed by atoms with Crippen molar-refractivity contribution >= 4 is 22.7 Å². The summed E-state index contributed by atoms with van der Waals surface area (Å²) in [6.45, 7) is 0. The molecule has 0 spiro atoms. The number of nitrogens with one attached hydrogen (secondary N) is 1. The van der Waals surface area contributed by atoms with Gasteiger partial charge in [-0.3, -0.25) is 0 Å². The smallest absolute Gasteiger partial charge is 0.406 e. The summed E-state index contributed by atoms with van der Waals surface area (Å²) in [6, 6.07) is 4.44. The minimum atomic E-state index is -4.64. The second-order valence-corrected chi connectivity index (χ2v) is 5.25. The van der Waals surface area contributed by atoms with Crippen molar-refractivity contribution in [1.82, 2.24) is 4.98 Å². The van der Waals surface area contributed by atoms with Crippen LogP contribution < -0.4 is 4.74 Å². The Labute approximate surface area is 106 Å². The monoisotopic (exact) mass is 273 g/mol. The maximum atomic E-state index is 12.2. The van der Waals surface area contributed by atoms with E-state index in [9.17, 15) is 13.2 Å². The topological polar surface area (TPSA) is 25.0 Å². The molecule has 6 heteroatoms. The lowest BCUT2D eigenvalue weighted by Crippen LogP contribution is -2.16. The van der Waals surface area contributed by atoms with E-state index in [0.29, 0.717) is 0 Å². The van der Waals surface area contributed by atoms with Crippen molar-refractivity contribution in [3.8, 4) is 5.75 Å². The molecule has 96 valence electrons. The summed E-state index contributed by atoms with van der Waals surface area (Å²) in [4.78, 5) is 3.26. The highest BCUT2D eigenvalue weighted by molar-refractivity contribution is 7.98. The average Bonchev–Trinajstić information content (AvgIpc) is 2.65. The van der Waals surface area contributed by atoms with Crippen LogP contribution in [0.2, 0.25) is 0 Å². The Kier molecular flexibility index (Phi) is 2.69. The molecule has 0 unspecified atom stereocenters. The van der Waals surface area contributed by atoms with Crippen molar-refractivity contribution in [3.05, 3.63) is 29.5 Å². The van der Waals surface area contributed by atoms with Crippen LogP contribution >= 0.6 is 11.8 Å². The van der Waals surface area contributed by atoms with Gasteiger partial charge in [0, 0.05) is 22.3 Å². The summed E-state index contributed by atoms with van der Waals surface area (Å²) in [5.74, 6) is 1.73. The second kappa shape index (κ2) is 4.12. The lowest BCUT2D eigenvalue weighted by molar-refractivity contribution is -0.274. The predicted octanol–water partition coefficient (Wildman–Crippen LogP) is 3.86. The molecule has 2 aromatic rings. The second-order valence-electron chi connectivity index (χ2n) is 4.14. The highest BCUT2D eigenvalue weighted by Crippen LogP contribution is 2.34. The van der Waals surface area contributed by atoms with E-state index in [1.165, 1.54) is 12.1 Å². The van der Waals surface area contributed by atoms with Crippen molar-refractivity contribution < 1.29 is 17.9 Å². The van der Waals surface area contributed by atoms with Crippen LogP contribution in [0.3, 0.4) is 0 Å². The number of ether oxygens (including phenoxy) is 1. The van der Waals surface area contributed by atoms with Crippen molar-refractivity contribution in [2.75, 3.05) is 5.75 Å². The first kappa shape index (κ1) is 11.8. The molecular weight excluding hydrogens is 263 g/mol. The van der Waals surface area contributed by atoms with Gasteiger partial charge >= 0.3 is 6.36 Å². The van der Waals surface area contributed by atoms with Gasteiger partial charge in [-0.1, -0.05) is 0 Å². The number of aromatic nitrogens is 1. The lowest BCUT2D eigenvalue weighted by Gasteiger charge is -2.11. The van der Waals surface area contributed by atoms with Crippen LogP contribution in [0, 0.1) is 0 Å². The SMILES string of the molecule is FC(F)(F)Oc1ccc2[nH]c3c(c2c1)CSCC3. The molecule has 2 nitrogen and oxygen atoms in total. The van der Waals surface area contributed by atoms with Crippen LogP contribution in [0.5, 0.6) is 5.75 Å². The maximum absolute atomic E-state index is 12.2. The van der Waals surface area contributed by atoms with Crippen LogP contribution in [0.4, 0.5) is 13.2 Å². The lowest BCUT2D eigenvalue weighted by atomic mass is 10.1. The Morgan fingerprint density at radius 1 is 1.28 bits per heavy atom. The summed E-state index contributed by atoms with van der Waals surface area (Å²) in [5.41, 5.74) is 3.11. The standard InChI is InChI=1S/C12H10F3NOS/c13-12(14,15)17-7-1-2-10-8(5-7)9-6-18-4-3-11(9)16-10/h1-2,5,16H,3-4,6H2. The van der Waals surface area contributed by atoms with E-state index in [2.05, 4.69) is 9.72 Å². The van der Waals surface area contributed by atoms with Crippen LogP contribution in [-0.2, 0) is 12.2 Å². The van der Waals surface area contributed by atoms with E-state index in [1.54, 1.807) is 17.8 Å². The van der Waals surface area contributed by atoms with Gasteiger partial charge in [-0.15, -0.1) is 13.2 Å². The van der Waals surface area contributed by atoms with Crippen molar-refractivity contribution in [2.45, 2.75) is 18.5 Å². The van der Waals surface area contributed by atoms with Crippen LogP contribution in [-0.4, -0.2) is 17.1 Å². The molecule has 1 aliphatic rings. The normalized spacial score (nSPS) is 15.7. The summed E-state index contributed by atoms with van der Waals surface area (Å²) < 4.78 is 40.5. The summed E-state index contributed by atoms with van der Waals surface area (Å²) >= 11 is 1.79. The number of hydrogen-bond acceptors (Lipinski definition) is 2. The van der Waals surface area contributed by atoms with Gasteiger partial charge in [-0.05, 0) is 35.9 Å². The van der Waals surface area contributed by atoms with Crippen LogP contribution in [0.15, 0.2) is 18.2 Å². The van der Waals surface area contributed by atoms with Gasteiger partial charge in [-0.25, -0.2) is 0 Å². The number of alkyl halides is 3. The zero-order valence-electron chi connectivity index (χ0n) is 9.30. The van der Waals surface area contributed by atoms with Gasteiger partial charge < -0.3 is 9.72 Å². The number of aromatic amines is 1. The quantitative estimate of drug-likeness (QED) is 0.853. The zero-order valence-corrected chi connectivity index (χ0v) is 10.1. The van der Waals surface area contributed by atoms with Gasteiger partial charge in [-0.2, -0.15) is 11.8 Å². The molecule has 3 rings (SSSR count). The van der Waals surface area contributed by atoms with Crippen LogP contribution in [0.25, 0.3) is 10.9 Å². The number of H-pyrrole nitrogens is 1. The van der Waals surface area contributed by atoms with E-state index < -0.39 is 6.36 Å².